The van der Waals surface area contributed by atoms with Crippen molar-refractivity contribution in [3.05, 3.63) is 12.2 Å². The van der Waals surface area contributed by atoms with Crippen molar-refractivity contribution < 1.29 is 85.4 Å². The van der Waals surface area contributed by atoms with Crippen LogP contribution in [0.15, 0.2) is 12.2 Å². The number of thiol groups is 1. The summed E-state index contributed by atoms with van der Waals surface area (Å²) < 4.78 is 96.4. The van der Waals surface area contributed by atoms with Crippen LogP contribution in [0, 0.1) is 0 Å². The lowest BCUT2D eigenvalue weighted by Crippen LogP contribution is -2.60. The van der Waals surface area contributed by atoms with Crippen molar-refractivity contribution in [3.63, 3.8) is 0 Å². The average molecular weight is 1120 g/mol. The molecule has 1 aliphatic heterocycles. The van der Waals surface area contributed by atoms with E-state index in [-0.39, 0.29) is 11.6 Å². The molecule has 0 aromatic rings. The first-order chi connectivity index (χ1) is 33.4. The SMILES string of the molecule is C=C(C)C(=O)OCCC[Si](OC)(OC)OC.CCO[Si](CCCS)(OCC)OCC.CCO[Si](OCC)(OCC)C(N)CC.CO[Si](CCCN)(OC)OC.CO[Si](CCCOCC1CO1)(OC)OC. The summed E-state index contributed by atoms with van der Waals surface area (Å²) >= 11 is 4.19. The molecule has 0 radical (unpaired) electrons. The summed E-state index contributed by atoms with van der Waals surface area (Å²) in [5.74, 6) is 0.474. The molecule has 27 heteroatoms. The minimum Gasteiger partial charge on any atom is -0.462 e. The molecule has 4 N–H and O–H groups in total. The molecule has 0 aliphatic carbocycles. The first-order valence-corrected chi connectivity index (χ1v) is 34.5. The molecule has 0 aromatic carbocycles. The Morgan fingerprint density at radius 3 is 1.21 bits per heavy atom. The fraction of sp³-hybridized carbons (Fsp3) is 0.930. The topological polar surface area (TPSA) is 239 Å². The van der Waals surface area contributed by atoms with E-state index in [1.165, 1.54) is 0 Å². The lowest BCUT2D eigenvalue weighted by molar-refractivity contribution is -0.139. The molecular weight excluding hydrogens is 1020 g/mol. The van der Waals surface area contributed by atoms with Crippen LogP contribution in [0.5, 0.6) is 0 Å². The average Bonchev–Trinajstić information content (AvgIpc) is 4.21. The number of esters is 1. The van der Waals surface area contributed by atoms with Gasteiger partial charge in [-0.3, -0.25) is 0 Å². The summed E-state index contributed by atoms with van der Waals surface area (Å²) in [6, 6.07) is 3.04. The Bertz CT molecular complexity index is 1130. The summed E-state index contributed by atoms with van der Waals surface area (Å²) in [6.45, 7) is 25.7. The molecular formula is C43H102N2O19SSi5. The summed E-state index contributed by atoms with van der Waals surface area (Å²) in [6.07, 6.45) is 4.53. The van der Waals surface area contributed by atoms with Crippen LogP contribution in [0.1, 0.15) is 87.5 Å². The van der Waals surface area contributed by atoms with Crippen molar-refractivity contribution in [2.45, 2.75) is 123 Å². The van der Waals surface area contributed by atoms with Gasteiger partial charge in [-0.1, -0.05) is 13.5 Å². The maximum Gasteiger partial charge on any atom is 0.518 e. The van der Waals surface area contributed by atoms with Gasteiger partial charge in [-0.2, -0.15) is 12.6 Å². The zero-order valence-corrected chi connectivity index (χ0v) is 52.5. The van der Waals surface area contributed by atoms with Crippen LogP contribution in [0.25, 0.3) is 0 Å². The maximum absolute atomic E-state index is 11.1. The standard InChI is InChI=1S/C10H20O5Si.C9H23NO3Si.C9H20O5Si.C9H22O3SSi.C6H17NO3Si/c1-9(2)10(11)15-7-6-8-16(12-3,13-4)14-5;1-5-9(10)14(11-6-2,12-7-3)13-8-4;1-10-15(11-2,12-3)6-4-5-13-7-9-8-14-9;1-4-10-14(11-5-2,12-6-3)9-7-8-13;1-8-11(9-2,10-3)6-4-5-7/h1,6-8H2,2-5H3;9H,5-8,10H2,1-4H3;9H,4-8H2,1-3H3;13H,4-9H2,1-3H3;4-7H2,1-3H3. The lowest BCUT2D eigenvalue weighted by atomic mass is 10.4. The van der Waals surface area contributed by atoms with E-state index in [4.69, 9.17) is 92.1 Å². The molecule has 2 unspecified atom stereocenters. The second kappa shape index (κ2) is 48.5. The van der Waals surface area contributed by atoms with Crippen LogP contribution < -0.4 is 11.5 Å². The highest BCUT2D eigenvalue weighted by Gasteiger charge is 2.46. The van der Waals surface area contributed by atoms with Gasteiger partial charge in [0.25, 0.3) is 0 Å². The van der Waals surface area contributed by atoms with Gasteiger partial charge < -0.3 is 92.1 Å². The molecule has 0 aromatic heterocycles. The van der Waals surface area contributed by atoms with Gasteiger partial charge in [0.2, 0.25) is 0 Å². The highest BCUT2D eigenvalue weighted by atomic mass is 32.1. The number of hydrogen-bond donors (Lipinski definition) is 3. The quantitative estimate of drug-likeness (QED) is 0.0161. The summed E-state index contributed by atoms with van der Waals surface area (Å²) in [5, 5.41) is 0. The van der Waals surface area contributed by atoms with Crippen LogP contribution >= 0.6 is 12.6 Å². The third kappa shape index (κ3) is 35.2. The third-order valence-electron chi connectivity index (χ3n) is 9.84. The molecule has 2 atom stereocenters. The second-order valence-corrected chi connectivity index (χ2v) is 29.9. The van der Waals surface area contributed by atoms with E-state index in [1.54, 1.807) is 70.9 Å². The molecule has 1 fully saturated rings. The molecule has 424 valence electrons. The van der Waals surface area contributed by atoms with Gasteiger partial charge in [-0.25, -0.2) is 4.79 Å². The van der Waals surface area contributed by atoms with Crippen molar-refractivity contribution in [3.8, 4) is 0 Å². The van der Waals surface area contributed by atoms with E-state index in [0.717, 1.165) is 56.2 Å². The van der Waals surface area contributed by atoms with Crippen molar-refractivity contribution in [1.29, 1.82) is 0 Å². The number of nitrogens with two attached hydrogens (primary N) is 2. The predicted molar refractivity (Wildman–Crippen MR) is 287 cm³/mol. The van der Waals surface area contributed by atoms with Gasteiger partial charge in [0.1, 0.15) is 6.10 Å². The first kappa shape index (κ1) is 76.4. The van der Waals surface area contributed by atoms with Crippen molar-refractivity contribution in [1.82, 2.24) is 0 Å². The number of hydrogen-bond acceptors (Lipinski definition) is 22. The highest BCUT2D eigenvalue weighted by molar-refractivity contribution is 7.80. The minimum atomic E-state index is -2.62. The van der Waals surface area contributed by atoms with Gasteiger partial charge in [-0.15, -0.1) is 0 Å². The second-order valence-electron chi connectivity index (χ2n) is 14.7. The number of rotatable bonds is 40. The molecule has 1 rings (SSSR count). The monoisotopic (exact) mass is 1120 g/mol. The Morgan fingerprint density at radius 2 is 0.929 bits per heavy atom. The third-order valence-corrected chi connectivity index (χ3v) is 25.2. The summed E-state index contributed by atoms with van der Waals surface area (Å²) in [5.41, 5.74) is 11.6. The van der Waals surface area contributed by atoms with Crippen molar-refractivity contribution in [2.24, 2.45) is 11.5 Å². The summed E-state index contributed by atoms with van der Waals surface area (Å²) in [7, 11) is 2.13. The maximum atomic E-state index is 11.1. The van der Waals surface area contributed by atoms with Gasteiger partial charge in [0, 0.05) is 140 Å². The first-order valence-electron chi connectivity index (χ1n) is 24.3. The Morgan fingerprint density at radius 1 is 0.586 bits per heavy atom. The van der Waals surface area contributed by atoms with Gasteiger partial charge in [0.15, 0.2) is 0 Å². The fourth-order valence-corrected chi connectivity index (χ4v) is 16.7. The Labute approximate surface area is 435 Å². The van der Waals surface area contributed by atoms with E-state index >= 15 is 0 Å². The highest BCUT2D eigenvalue weighted by Crippen LogP contribution is 2.20. The smallest absolute Gasteiger partial charge is 0.462 e. The Kier molecular flexibility index (Phi) is 53.0. The number of epoxide rings is 1. The largest absolute Gasteiger partial charge is 0.518 e. The minimum absolute atomic E-state index is 0.123. The molecule has 0 saturated carbocycles. The van der Waals surface area contributed by atoms with E-state index < -0.39 is 44.0 Å². The zero-order valence-electron chi connectivity index (χ0n) is 46.6. The van der Waals surface area contributed by atoms with E-state index in [2.05, 4.69) is 19.2 Å². The van der Waals surface area contributed by atoms with Crippen LogP contribution in [0.2, 0.25) is 24.2 Å². The van der Waals surface area contributed by atoms with E-state index in [1.807, 2.05) is 48.5 Å². The Balaban J connectivity index is -0.000000391. The molecule has 70 heavy (non-hydrogen) atoms. The number of carbonyl (C=O) groups is 1. The Hall–Kier alpha value is -0.116. The zero-order chi connectivity index (χ0) is 54.4. The summed E-state index contributed by atoms with van der Waals surface area (Å²) in [4.78, 5) is 11.1. The molecule has 1 heterocycles. The molecule has 0 amide bonds. The normalized spacial score (nSPS) is 14.1. The van der Waals surface area contributed by atoms with Gasteiger partial charge in [0.05, 0.1) is 25.5 Å². The van der Waals surface area contributed by atoms with Crippen molar-refractivity contribution in [2.75, 3.05) is 142 Å². The number of carbonyl (C=O) groups excluding carboxylic acids is 1. The molecule has 1 saturated heterocycles. The molecule has 21 nitrogen and oxygen atoms in total. The fourth-order valence-electron chi connectivity index (χ4n) is 5.93. The van der Waals surface area contributed by atoms with Gasteiger partial charge in [-0.05, 0) is 92.9 Å². The molecule has 1 aliphatic rings. The van der Waals surface area contributed by atoms with Crippen LogP contribution in [-0.2, 0) is 85.4 Å². The van der Waals surface area contributed by atoms with Crippen molar-refractivity contribution >= 4 is 62.6 Å². The predicted octanol–water partition coefficient (Wildman–Crippen LogP) is 5.92. The van der Waals surface area contributed by atoms with E-state index in [9.17, 15) is 4.79 Å². The number of ether oxygens (including phenoxy) is 3. The van der Waals surface area contributed by atoms with E-state index in [0.29, 0.717) is 90.1 Å². The molecule has 0 spiro atoms. The van der Waals surface area contributed by atoms with Crippen LogP contribution in [0.4, 0.5) is 0 Å². The van der Waals surface area contributed by atoms with Gasteiger partial charge >= 0.3 is 50.0 Å². The molecule has 0 bridgehead atoms. The van der Waals surface area contributed by atoms with Crippen LogP contribution in [0.3, 0.4) is 0 Å². The van der Waals surface area contributed by atoms with Crippen LogP contribution in [-0.4, -0.2) is 204 Å². The lowest BCUT2D eigenvalue weighted by Gasteiger charge is -2.32.